The second-order valence-electron chi connectivity index (χ2n) is 8.88. The zero-order valence-corrected chi connectivity index (χ0v) is 20.0. The number of nitrogens with two attached hydrogens (primary N) is 1. The zero-order chi connectivity index (χ0) is 25.8. The number of alkyl halides is 3. The molecule has 0 spiro atoms. The minimum absolute atomic E-state index is 0.0382. The third-order valence-corrected chi connectivity index (χ3v) is 6.21. The van der Waals surface area contributed by atoms with Crippen LogP contribution >= 0.6 is 0 Å². The quantitative estimate of drug-likeness (QED) is 0.376. The van der Waals surface area contributed by atoms with Gasteiger partial charge in [0.25, 0.3) is 0 Å². The van der Waals surface area contributed by atoms with E-state index in [-0.39, 0.29) is 40.7 Å². The van der Waals surface area contributed by atoms with Gasteiger partial charge in [-0.1, -0.05) is 19.3 Å². The van der Waals surface area contributed by atoms with Gasteiger partial charge in [0.2, 0.25) is 11.7 Å². The van der Waals surface area contributed by atoms with Crippen LogP contribution in [0.25, 0.3) is 11.3 Å². The van der Waals surface area contributed by atoms with Crippen LogP contribution in [0.5, 0.6) is 5.88 Å². The van der Waals surface area contributed by atoms with E-state index in [0.717, 1.165) is 38.2 Å². The summed E-state index contributed by atoms with van der Waals surface area (Å²) in [5.41, 5.74) is 4.48. The van der Waals surface area contributed by atoms with Crippen LogP contribution in [0.4, 0.5) is 30.4 Å². The fraction of sp³-hybridized carbons (Fsp3) is 0.565. The molecule has 0 aromatic carbocycles. The Morgan fingerprint density at radius 1 is 1.20 bits per heavy atom. The van der Waals surface area contributed by atoms with Crippen molar-refractivity contribution in [3.63, 3.8) is 0 Å². The van der Waals surface area contributed by atoms with Crippen molar-refractivity contribution in [2.75, 3.05) is 44.5 Å². The van der Waals surface area contributed by atoms with E-state index in [1.807, 2.05) is 0 Å². The molecule has 1 fully saturated rings. The normalized spacial score (nSPS) is 15.6. The molecule has 3 rings (SSSR count). The van der Waals surface area contributed by atoms with Gasteiger partial charge in [-0.2, -0.15) is 13.2 Å². The van der Waals surface area contributed by atoms with Crippen LogP contribution in [-0.2, 0) is 10.9 Å². The summed E-state index contributed by atoms with van der Waals surface area (Å²) in [5, 5.41) is 11.9. The van der Waals surface area contributed by atoms with Gasteiger partial charge < -0.3 is 20.1 Å². The lowest BCUT2D eigenvalue weighted by molar-refractivity contribution is -0.383. The topological polar surface area (TPSA) is 117 Å². The summed E-state index contributed by atoms with van der Waals surface area (Å²) in [7, 11) is 3.33. The lowest BCUT2D eigenvalue weighted by Gasteiger charge is -2.40. The zero-order valence-electron chi connectivity index (χ0n) is 20.0. The Labute approximate surface area is 201 Å². The smallest absolute Gasteiger partial charge is 0.433 e. The van der Waals surface area contributed by atoms with Gasteiger partial charge in [-0.15, -0.1) is 0 Å². The number of nitrogens with zero attached hydrogens (tertiary/aromatic N) is 4. The summed E-state index contributed by atoms with van der Waals surface area (Å²) < 4.78 is 51.1. The highest BCUT2D eigenvalue weighted by atomic mass is 19.4. The average molecular weight is 498 g/mol. The molecule has 1 aliphatic rings. The summed E-state index contributed by atoms with van der Waals surface area (Å²) >= 11 is 0. The van der Waals surface area contributed by atoms with Gasteiger partial charge in [-0.25, -0.2) is 9.97 Å². The number of nitro groups is 1. The molecule has 0 saturated heterocycles. The number of methoxy groups -OCH3 is 1. The molecule has 1 aliphatic carbocycles. The van der Waals surface area contributed by atoms with Crippen molar-refractivity contribution in [3.8, 4) is 17.1 Å². The van der Waals surface area contributed by atoms with E-state index < -0.39 is 22.5 Å². The molecular weight excluding hydrogens is 467 g/mol. The standard InChI is InChI=1S/C23H30F3N5O4/c1-4-35-19-11-15(10-18(29-19)23(24,25)26)16-12-17(20(31(32)33)21(27)28-16)30(2)13-22(14-34-3)8-6-5-7-9-22/h10-12H,4-9,13-14H2,1-3H3,(H2,27,28). The van der Waals surface area contributed by atoms with Crippen LogP contribution in [-0.4, -0.2) is 48.8 Å². The molecule has 0 unspecified atom stereocenters. The number of pyridine rings is 2. The second kappa shape index (κ2) is 10.6. The number of hydrogen-bond donors (Lipinski definition) is 1. The Morgan fingerprint density at radius 3 is 2.46 bits per heavy atom. The van der Waals surface area contributed by atoms with Gasteiger partial charge >= 0.3 is 11.9 Å². The van der Waals surface area contributed by atoms with Gasteiger partial charge in [0, 0.05) is 37.7 Å². The van der Waals surface area contributed by atoms with Gasteiger partial charge in [-0.05, 0) is 31.9 Å². The van der Waals surface area contributed by atoms with Crippen LogP contribution in [0, 0.1) is 15.5 Å². The number of nitrogen functional groups attached to an aromatic ring is 1. The van der Waals surface area contributed by atoms with Crippen LogP contribution in [0.15, 0.2) is 18.2 Å². The summed E-state index contributed by atoms with van der Waals surface area (Å²) in [6.07, 6.45) is 0.266. The maximum Gasteiger partial charge on any atom is 0.433 e. The third kappa shape index (κ3) is 6.11. The molecule has 12 heteroatoms. The van der Waals surface area contributed by atoms with Crippen molar-refractivity contribution in [3.05, 3.63) is 34.0 Å². The van der Waals surface area contributed by atoms with Crippen molar-refractivity contribution >= 4 is 17.2 Å². The molecule has 0 bridgehead atoms. The minimum atomic E-state index is -4.72. The predicted molar refractivity (Wildman–Crippen MR) is 125 cm³/mol. The Morgan fingerprint density at radius 2 is 1.89 bits per heavy atom. The molecule has 1 saturated carbocycles. The largest absolute Gasteiger partial charge is 0.478 e. The Bertz CT molecular complexity index is 1050. The van der Waals surface area contributed by atoms with E-state index >= 15 is 0 Å². The summed E-state index contributed by atoms with van der Waals surface area (Å²) in [6, 6.07) is 3.53. The van der Waals surface area contributed by atoms with Crippen LogP contribution in [0.2, 0.25) is 0 Å². The van der Waals surface area contributed by atoms with Crippen LogP contribution in [0.3, 0.4) is 0 Å². The van der Waals surface area contributed by atoms with E-state index in [2.05, 4.69) is 9.97 Å². The first-order chi connectivity index (χ1) is 16.5. The predicted octanol–water partition coefficient (Wildman–Crippen LogP) is 5.08. The number of halogens is 3. The van der Waals surface area contributed by atoms with Crippen molar-refractivity contribution < 1.29 is 27.6 Å². The maximum absolute atomic E-state index is 13.5. The highest BCUT2D eigenvalue weighted by Crippen LogP contribution is 2.42. The number of rotatable bonds is 9. The van der Waals surface area contributed by atoms with Crippen molar-refractivity contribution in [1.82, 2.24) is 9.97 Å². The number of hydrogen-bond acceptors (Lipinski definition) is 8. The molecule has 2 aromatic rings. The lowest BCUT2D eigenvalue weighted by atomic mass is 9.74. The fourth-order valence-corrected chi connectivity index (χ4v) is 4.73. The van der Waals surface area contributed by atoms with Gasteiger partial charge in [0.15, 0.2) is 0 Å². The van der Waals surface area contributed by atoms with Crippen molar-refractivity contribution in [1.29, 1.82) is 0 Å². The van der Waals surface area contributed by atoms with E-state index in [9.17, 15) is 23.3 Å². The first-order valence-electron chi connectivity index (χ1n) is 11.4. The molecule has 0 atom stereocenters. The van der Waals surface area contributed by atoms with Crippen LogP contribution < -0.4 is 15.4 Å². The molecule has 0 amide bonds. The molecule has 9 nitrogen and oxygen atoms in total. The molecule has 192 valence electrons. The van der Waals surface area contributed by atoms with E-state index in [4.69, 9.17) is 15.2 Å². The number of anilines is 2. The highest BCUT2D eigenvalue weighted by Gasteiger charge is 2.36. The van der Waals surface area contributed by atoms with E-state index in [1.165, 1.54) is 12.1 Å². The molecule has 2 aromatic heterocycles. The second-order valence-corrected chi connectivity index (χ2v) is 8.88. The molecule has 2 heterocycles. The van der Waals surface area contributed by atoms with E-state index in [1.54, 1.807) is 26.0 Å². The summed E-state index contributed by atoms with van der Waals surface area (Å²) in [6.45, 7) is 2.69. The fourth-order valence-electron chi connectivity index (χ4n) is 4.73. The molecule has 35 heavy (non-hydrogen) atoms. The average Bonchev–Trinajstić information content (AvgIpc) is 2.78. The Balaban J connectivity index is 2.11. The van der Waals surface area contributed by atoms with Crippen molar-refractivity contribution in [2.24, 2.45) is 5.41 Å². The van der Waals surface area contributed by atoms with Gasteiger partial charge in [-0.3, -0.25) is 10.1 Å². The molecule has 0 radical (unpaired) electrons. The molecular formula is C23H30F3N5O4. The first-order valence-corrected chi connectivity index (χ1v) is 11.4. The monoisotopic (exact) mass is 497 g/mol. The van der Waals surface area contributed by atoms with Gasteiger partial charge in [0.1, 0.15) is 11.4 Å². The first kappa shape index (κ1) is 26.5. The third-order valence-electron chi connectivity index (χ3n) is 6.21. The van der Waals surface area contributed by atoms with Gasteiger partial charge in [0.05, 0.1) is 23.8 Å². The Hall–Kier alpha value is -3.15. The van der Waals surface area contributed by atoms with E-state index in [0.29, 0.717) is 13.2 Å². The van der Waals surface area contributed by atoms with Crippen LogP contribution in [0.1, 0.15) is 44.7 Å². The highest BCUT2D eigenvalue weighted by molar-refractivity contribution is 5.79. The minimum Gasteiger partial charge on any atom is -0.478 e. The SMILES string of the molecule is CCOc1cc(-c2cc(N(C)CC3(COC)CCCCC3)c([N+](=O)[O-])c(N)n2)cc(C(F)(F)F)n1. The summed E-state index contributed by atoms with van der Waals surface area (Å²) in [4.78, 5) is 20.6. The number of aromatic nitrogens is 2. The summed E-state index contributed by atoms with van der Waals surface area (Å²) in [5.74, 6) is -0.616. The van der Waals surface area contributed by atoms with Crippen molar-refractivity contribution in [2.45, 2.75) is 45.2 Å². The molecule has 2 N–H and O–H groups in total. The Kier molecular flexibility index (Phi) is 8.04. The number of ether oxygens (including phenoxy) is 2. The molecule has 0 aliphatic heterocycles. The maximum atomic E-state index is 13.5. The lowest BCUT2D eigenvalue weighted by Crippen LogP contribution is -2.41.